The van der Waals surface area contributed by atoms with Gasteiger partial charge in [-0.25, -0.2) is 4.39 Å². The molecule has 1 aromatic heterocycles. The molecule has 0 aliphatic heterocycles. The summed E-state index contributed by atoms with van der Waals surface area (Å²) in [5.41, 5.74) is 1.57. The molecule has 3 rings (SSSR count). The summed E-state index contributed by atoms with van der Waals surface area (Å²) < 4.78 is 18.8. The topological polar surface area (TPSA) is 30.2 Å². The molecule has 1 heterocycles. The second-order valence-corrected chi connectivity index (χ2v) is 4.97. The van der Waals surface area contributed by atoms with Gasteiger partial charge in [0.15, 0.2) is 5.76 Å². The van der Waals surface area contributed by atoms with E-state index in [1.807, 2.05) is 0 Å². The van der Waals surface area contributed by atoms with Crippen molar-refractivity contribution in [2.75, 3.05) is 0 Å². The molecule has 0 saturated heterocycles. The third-order valence-electron chi connectivity index (χ3n) is 3.19. The molecule has 0 unspecified atom stereocenters. The van der Waals surface area contributed by atoms with Crippen LogP contribution in [0.1, 0.15) is 21.7 Å². The Morgan fingerprint density at radius 3 is 2.75 bits per heavy atom. The van der Waals surface area contributed by atoms with Gasteiger partial charge in [-0.05, 0) is 37.3 Å². The highest BCUT2D eigenvalue weighted by Crippen LogP contribution is 2.28. The van der Waals surface area contributed by atoms with Crippen LogP contribution in [0.2, 0.25) is 5.02 Å². The monoisotopic (exact) mass is 288 g/mol. The van der Waals surface area contributed by atoms with E-state index in [1.165, 1.54) is 18.2 Å². The lowest BCUT2D eigenvalue weighted by Gasteiger charge is -1.99. The first-order valence-electron chi connectivity index (χ1n) is 6.05. The van der Waals surface area contributed by atoms with Gasteiger partial charge < -0.3 is 4.42 Å². The minimum atomic E-state index is -0.358. The van der Waals surface area contributed by atoms with Crippen molar-refractivity contribution in [2.45, 2.75) is 6.92 Å². The Kier molecular flexibility index (Phi) is 3.07. The van der Waals surface area contributed by atoms with Crippen LogP contribution in [-0.2, 0) is 0 Å². The molecule has 2 aromatic carbocycles. The highest BCUT2D eigenvalue weighted by Gasteiger charge is 2.19. The molecule has 0 atom stereocenters. The van der Waals surface area contributed by atoms with E-state index < -0.39 is 0 Å². The van der Waals surface area contributed by atoms with Crippen LogP contribution in [0.25, 0.3) is 11.0 Å². The van der Waals surface area contributed by atoms with Crippen LogP contribution in [0, 0.1) is 12.7 Å². The fourth-order valence-corrected chi connectivity index (χ4v) is 2.36. The Morgan fingerprint density at radius 1 is 1.20 bits per heavy atom. The van der Waals surface area contributed by atoms with Crippen molar-refractivity contribution in [2.24, 2.45) is 0 Å². The number of hydrogen-bond acceptors (Lipinski definition) is 2. The molecule has 0 amide bonds. The Hall–Kier alpha value is -2.13. The minimum absolute atomic E-state index is 0.216. The van der Waals surface area contributed by atoms with E-state index >= 15 is 0 Å². The van der Waals surface area contributed by atoms with Crippen molar-refractivity contribution in [1.82, 2.24) is 0 Å². The largest absolute Gasteiger partial charge is 0.452 e. The summed E-state index contributed by atoms with van der Waals surface area (Å²) in [7, 11) is 0. The second-order valence-electron chi connectivity index (χ2n) is 4.54. The standard InChI is InChI=1S/C16H10ClFO2/c1-9-13-8-12(18)5-6-14(13)20-16(9)15(19)10-3-2-4-11(17)7-10/h2-8H,1H3. The second kappa shape index (κ2) is 4.76. The van der Waals surface area contributed by atoms with Gasteiger partial charge in [-0.1, -0.05) is 23.7 Å². The molecule has 0 fully saturated rings. The molecule has 0 saturated carbocycles. The molecular weight excluding hydrogens is 279 g/mol. The Balaban J connectivity index is 2.15. The number of fused-ring (bicyclic) bond motifs is 1. The average molecular weight is 289 g/mol. The predicted octanol–water partition coefficient (Wildman–Crippen LogP) is 4.76. The van der Waals surface area contributed by atoms with Crippen LogP contribution in [0.4, 0.5) is 4.39 Å². The molecule has 0 aliphatic rings. The highest BCUT2D eigenvalue weighted by molar-refractivity contribution is 6.31. The fraction of sp³-hybridized carbons (Fsp3) is 0.0625. The summed E-state index contributed by atoms with van der Waals surface area (Å²) >= 11 is 5.88. The Bertz CT molecular complexity index is 820. The van der Waals surface area contributed by atoms with Crippen LogP contribution >= 0.6 is 11.6 Å². The molecule has 0 bridgehead atoms. The van der Waals surface area contributed by atoms with Gasteiger partial charge in [0.1, 0.15) is 11.4 Å². The lowest BCUT2D eigenvalue weighted by molar-refractivity contribution is 0.101. The summed E-state index contributed by atoms with van der Waals surface area (Å²) in [4.78, 5) is 12.4. The zero-order valence-electron chi connectivity index (χ0n) is 10.6. The number of furan rings is 1. The van der Waals surface area contributed by atoms with E-state index in [-0.39, 0.29) is 17.4 Å². The van der Waals surface area contributed by atoms with Crippen LogP contribution in [-0.4, -0.2) is 5.78 Å². The van der Waals surface area contributed by atoms with Crippen molar-refractivity contribution in [3.63, 3.8) is 0 Å². The Labute approximate surface area is 119 Å². The third kappa shape index (κ3) is 2.10. The zero-order valence-corrected chi connectivity index (χ0v) is 11.4. The van der Waals surface area contributed by atoms with Gasteiger partial charge in [0.2, 0.25) is 5.78 Å². The van der Waals surface area contributed by atoms with Gasteiger partial charge in [0.05, 0.1) is 0 Å². The normalized spacial score (nSPS) is 10.9. The molecule has 0 aliphatic carbocycles. The number of aryl methyl sites for hydroxylation is 1. The van der Waals surface area contributed by atoms with Crippen molar-refractivity contribution >= 4 is 28.4 Å². The molecular formula is C16H10ClFO2. The van der Waals surface area contributed by atoms with E-state index in [2.05, 4.69) is 0 Å². The summed E-state index contributed by atoms with van der Waals surface area (Å²) in [6, 6.07) is 10.8. The first-order chi connectivity index (χ1) is 9.56. The first-order valence-corrected chi connectivity index (χ1v) is 6.43. The van der Waals surface area contributed by atoms with Gasteiger partial charge in [0, 0.05) is 21.5 Å². The van der Waals surface area contributed by atoms with Crippen LogP contribution < -0.4 is 0 Å². The van der Waals surface area contributed by atoms with Gasteiger partial charge in [-0.15, -0.1) is 0 Å². The van der Waals surface area contributed by atoms with Gasteiger partial charge >= 0.3 is 0 Å². The van der Waals surface area contributed by atoms with Crippen molar-refractivity contribution in [3.05, 3.63) is 70.2 Å². The molecule has 100 valence electrons. The number of benzene rings is 2. The summed E-state index contributed by atoms with van der Waals surface area (Å²) in [6.07, 6.45) is 0. The van der Waals surface area contributed by atoms with Crippen molar-refractivity contribution in [3.8, 4) is 0 Å². The number of halogens is 2. The predicted molar refractivity (Wildman–Crippen MR) is 75.8 cm³/mol. The number of hydrogen-bond donors (Lipinski definition) is 0. The SMILES string of the molecule is Cc1c(C(=O)c2cccc(Cl)c2)oc2ccc(F)cc12. The van der Waals surface area contributed by atoms with E-state index in [0.29, 0.717) is 27.1 Å². The summed E-state index contributed by atoms with van der Waals surface area (Å²) in [5, 5.41) is 1.09. The molecule has 0 spiro atoms. The molecule has 0 radical (unpaired) electrons. The summed E-state index contributed by atoms with van der Waals surface area (Å²) in [6.45, 7) is 1.74. The van der Waals surface area contributed by atoms with Crippen molar-refractivity contribution < 1.29 is 13.6 Å². The lowest BCUT2D eigenvalue weighted by atomic mass is 10.0. The van der Waals surface area contributed by atoms with Crippen molar-refractivity contribution in [1.29, 1.82) is 0 Å². The quantitative estimate of drug-likeness (QED) is 0.636. The van der Waals surface area contributed by atoms with Gasteiger partial charge in [0.25, 0.3) is 0 Å². The molecule has 2 nitrogen and oxygen atoms in total. The maximum atomic E-state index is 13.3. The van der Waals surface area contributed by atoms with Gasteiger partial charge in [-0.3, -0.25) is 4.79 Å². The number of carbonyl (C=O) groups is 1. The first kappa shape index (κ1) is 12.9. The highest BCUT2D eigenvalue weighted by atomic mass is 35.5. The number of carbonyl (C=O) groups excluding carboxylic acids is 1. The molecule has 3 aromatic rings. The molecule has 20 heavy (non-hydrogen) atoms. The van der Waals surface area contributed by atoms with Crippen LogP contribution in [0.5, 0.6) is 0 Å². The third-order valence-corrected chi connectivity index (χ3v) is 3.43. The smallest absolute Gasteiger partial charge is 0.228 e. The van der Waals surface area contributed by atoms with Gasteiger partial charge in [-0.2, -0.15) is 0 Å². The maximum absolute atomic E-state index is 13.3. The van der Waals surface area contributed by atoms with E-state index in [1.54, 1.807) is 31.2 Å². The maximum Gasteiger partial charge on any atom is 0.228 e. The van der Waals surface area contributed by atoms with E-state index in [4.69, 9.17) is 16.0 Å². The lowest BCUT2D eigenvalue weighted by Crippen LogP contribution is -2.01. The van der Waals surface area contributed by atoms with Crippen LogP contribution in [0.3, 0.4) is 0 Å². The number of ketones is 1. The summed E-state index contributed by atoms with van der Waals surface area (Å²) in [5.74, 6) is -0.405. The fourth-order valence-electron chi connectivity index (χ4n) is 2.17. The van der Waals surface area contributed by atoms with E-state index in [0.717, 1.165) is 0 Å². The Morgan fingerprint density at radius 2 is 2.00 bits per heavy atom. The number of rotatable bonds is 2. The van der Waals surface area contributed by atoms with Crippen LogP contribution in [0.15, 0.2) is 46.9 Å². The molecule has 0 N–H and O–H groups in total. The molecule has 4 heteroatoms. The average Bonchev–Trinajstić information content (AvgIpc) is 2.75. The zero-order chi connectivity index (χ0) is 14.3. The van der Waals surface area contributed by atoms with E-state index in [9.17, 15) is 9.18 Å². The minimum Gasteiger partial charge on any atom is -0.452 e.